The minimum Gasteiger partial charge on any atom is -0.507 e. The van der Waals surface area contributed by atoms with Gasteiger partial charge in [0.15, 0.2) is 0 Å². The second kappa shape index (κ2) is 7.46. The number of phenols is 1. The zero-order chi connectivity index (χ0) is 20.5. The van der Waals surface area contributed by atoms with E-state index in [-0.39, 0.29) is 5.75 Å². The lowest BCUT2D eigenvalue weighted by Gasteiger charge is -2.12. The predicted octanol–water partition coefficient (Wildman–Crippen LogP) is 5.08. The topological polar surface area (TPSA) is 82.0 Å². The van der Waals surface area contributed by atoms with Gasteiger partial charge in [0, 0.05) is 40.7 Å². The van der Waals surface area contributed by atoms with Gasteiger partial charge in [-0.05, 0) is 41.5 Å². The first-order chi connectivity index (χ1) is 14.7. The summed E-state index contributed by atoms with van der Waals surface area (Å²) in [4.78, 5) is 12.0. The van der Waals surface area contributed by atoms with Crippen LogP contribution in [0.15, 0.2) is 91.4 Å². The molecule has 5 nitrogen and oxygen atoms in total. The molecule has 0 aliphatic rings. The van der Waals surface area contributed by atoms with Crippen molar-refractivity contribution in [3.63, 3.8) is 0 Å². The van der Waals surface area contributed by atoms with Gasteiger partial charge in [-0.25, -0.2) is 4.98 Å². The Kier molecular flexibility index (Phi) is 4.50. The molecular weight excluding hydrogens is 374 g/mol. The third-order valence-electron chi connectivity index (χ3n) is 5.23. The normalized spacial score (nSPS) is 12.2. The predicted molar refractivity (Wildman–Crippen MR) is 117 cm³/mol. The van der Waals surface area contributed by atoms with Crippen LogP contribution in [-0.4, -0.2) is 25.2 Å². The highest BCUT2D eigenvalue weighted by Crippen LogP contribution is 2.35. The van der Waals surface area contributed by atoms with Crippen molar-refractivity contribution in [2.24, 2.45) is 0 Å². The summed E-state index contributed by atoms with van der Waals surface area (Å²) in [5.74, 6) is 0.226. The van der Waals surface area contributed by atoms with Gasteiger partial charge in [-0.3, -0.25) is 4.98 Å². The third kappa shape index (κ3) is 3.21. The number of benzene rings is 2. The smallest absolute Gasteiger partial charge is 0.137 e. The number of nitrogens with zero attached hydrogens (tertiary/aromatic N) is 2. The van der Waals surface area contributed by atoms with Crippen LogP contribution in [0.5, 0.6) is 5.75 Å². The quantitative estimate of drug-likeness (QED) is 0.398. The SMILES string of the molecule is Oc1ccccc1-c1c[nH]c2ncc(-c3cccc(C(O)c4ccccn4)c3)cc12. The van der Waals surface area contributed by atoms with Crippen LogP contribution >= 0.6 is 0 Å². The molecule has 146 valence electrons. The number of fused-ring (bicyclic) bond motifs is 1. The van der Waals surface area contributed by atoms with Crippen molar-refractivity contribution in [2.75, 3.05) is 0 Å². The van der Waals surface area contributed by atoms with Gasteiger partial charge < -0.3 is 15.2 Å². The monoisotopic (exact) mass is 393 g/mol. The lowest BCUT2D eigenvalue weighted by atomic mass is 9.98. The third-order valence-corrected chi connectivity index (χ3v) is 5.23. The molecule has 3 aromatic heterocycles. The van der Waals surface area contributed by atoms with Gasteiger partial charge in [0.1, 0.15) is 17.5 Å². The van der Waals surface area contributed by atoms with E-state index >= 15 is 0 Å². The van der Waals surface area contributed by atoms with Gasteiger partial charge in [-0.2, -0.15) is 0 Å². The molecule has 5 aromatic rings. The molecular formula is C25H19N3O2. The van der Waals surface area contributed by atoms with Crippen LogP contribution < -0.4 is 0 Å². The average Bonchev–Trinajstić information content (AvgIpc) is 3.22. The molecule has 1 atom stereocenters. The number of aromatic amines is 1. The molecule has 0 saturated carbocycles. The summed E-state index contributed by atoms with van der Waals surface area (Å²) >= 11 is 0. The second-order valence-electron chi connectivity index (χ2n) is 7.12. The number of para-hydroxylation sites is 1. The van der Waals surface area contributed by atoms with E-state index < -0.39 is 6.10 Å². The highest BCUT2D eigenvalue weighted by molar-refractivity contribution is 5.97. The number of H-pyrrole nitrogens is 1. The number of aromatic hydroxyl groups is 1. The molecule has 30 heavy (non-hydrogen) atoms. The number of hydrogen-bond acceptors (Lipinski definition) is 4. The molecule has 0 spiro atoms. The Balaban J connectivity index is 1.57. The van der Waals surface area contributed by atoms with Crippen molar-refractivity contribution in [1.82, 2.24) is 15.0 Å². The van der Waals surface area contributed by atoms with E-state index in [1.807, 2.05) is 66.9 Å². The fourth-order valence-electron chi connectivity index (χ4n) is 3.68. The lowest BCUT2D eigenvalue weighted by molar-refractivity contribution is 0.215. The molecule has 3 heterocycles. The molecule has 5 heteroatoms. The summed E-state index contributed by atoms with van der Waals surface area (Å²) in [5.41, 5.74) is 5.64. The number of aliphatic hydroxyl groups is 1. The molecule has 3 N–H and O–H groups in total. The molecule has 5 rings (SSSR count). The molecule has 0 aliphatic carbocycles. The van der Waals surface area contributed by atoms with Crippen molar-refractivity contribution in [2.45, 2.75) is 6.10 Å². The van der Waals surface area contributed by atoms with E-state index in [9.17, 15) is 10.2 Å². The van der Waals surface area contributed by atoms with E-state index in [4.69, 9.17) is 0 Å². The number of aliphatic hydroxyl groups excluding tert-OH is 1. The molecule has 0 aliphatic heterocycles. The molecule has 0 fully saturated rings. The minimum atomic E-state index is -0.799. The Bertz CT molecular complexity index is 1330. The van der Waals surface area contributed by atoms with Crippen LogP contribution in [0.3, 0.4) is 0 Å². The lowest BCUT2D eigenvalue weighted by Crippen LogP contribution is -2.01. The van der Waals surface area contributed by atoms with E-state index in [0.29, 0.717) is 5.69 Å². The first-order valence-corrected chi connectivity index (χ1v) is 9.65. The largest absolute Gasteiger partial charge is 0.507 e. The standard InChI is InChI=1S/C25H19N3O2/c29-23-10-2-1-8-19(23)21-15-28-25-20(21)13-18(14-27-25)16-6-5-7-17(12-16)24(30)22-9-3-4-11-26-22/h1-15,24,29-30H,(H,27,28). The number of pyridine rings is 2. The van der Waals surface area contributed by atoms with Gasteiger partial charge in [0.05, 0.1) is 5.69 Å². The van der Waals surface area contributed by atoms with Crippen LogP contribution in [0.1, 0.15) is 17.4 Å². The first-order valence-electron chi connectivity index (χ1n) is 9.65. The molecule has 2 aromatic carbocycles. The zero-order valence-corrected chi connectivity index (χ0v) is 16.0. The van der Waals surface area contributed by atoms with Crippen LogP contribution in [0.25, 0.3) is 33.3 Å². The Morgan fingerprint density at radius 2 is 1.67 bits per heavy atom. The Hall–Kier alpha value is -3.96. The average molecular weight is 393 g/mol. The van der Waals surface area contributed by atoms with Crippen molar-refractivity contribution >= 4 is 11.0 Å². The molecule has 1 unspecified atom stereocenters. The Morgan fingerprint density at radius 3 is 2.50 bits per heavy atom. The first kappa shape index (κ1) is 18.1. The summed E-state index contributed by atoms with van der Waals surface area (Å²) in [7, 11) is 0. The van der Waals surface area contributed by atoms with Crippen molar-refractivity contribution in [3.05, 3.63) is 103 Å². The molecule has 0 amide bonds. The van der Waals surface area contributed by atoms with Crippen LogP contribution in [0, 0.1) is 0 Å². The zero-order valence-electron chi connectivity index (χ0n) is 16.0. The van der Waals surface area contributed by atoms with E-state index in [1.165, 1.54) is 0 Å². The minimum absolute atomic E-state index is 0.226. The van der Waals surface area contributed by atoms with Crippen molar-refractivity contribution in [3.8, 4) is 28.0 Å². The van der Waals surface area contributed by atoms with Gasteiger partial charge in [0.25, 0.3) is 0 Å². The summed E-state index contributed by atoms with van der Waals surface area (Å²) in [6.45, 7) is 0. The van der Waals surface area contributed by atoms with Crippen molar-refractivity contribution < 1.29 is 10.2 Å². The number of phenolic OH excluding ortho intramolecular Hbond substituents is 1. The maximum absolute atomic E-state index is 10.7. The molecule has 0 radical (unpaired) electrons. The number of nitrogens with one attached hydrogen (secondary N) is 1. The Morgan fingerprint density at radius 1 is 0.800 bits per heavy atom. The van der Waals surface area contributed by atoms with Gasteiger partial charge >= 0.3 is 0 Å². The molecule has 0 bridgehead atoms. The van der Waals surface area contributed by atoms with E-state index in [0.717, 1.165) is 38.9 Å². The van der Waals surface area contributed by atoms with Gasteiger partial charge in [-0.1, -0.05) is 42.5 Å². The number of aromatic nitrogens is 3. The fourth-order valence-corrected chi connectivity index (χ4v) is 3.68. The van der Waals surface area contributed by atoms with Gasteiger partial charge in [0.2, 0.25) is 0 Å². The van der Waals surface area contributed by atoms with Crippen LogP contribution in [0.2, 0.25) is 0 Å². The number of hydrogen-bond donors (Lipinski definition) is 3. The van der Waals surface area contributed by atoms with Crippen LogP contribution in [0.4, 0.5) is 0 Å². The van der Waals surface area contributed by atoms with E-state index in [1.54, 1.807) is 24.5 Å². The summed E-state index contributed by atoms with van der Waals surface area (Å²) in [6.07, 6.45) is 4.54. The molecule has 0 saturated heterocycles. The van der Waals surface area contributed by atoms with Gasteiger partial charge in [-0.15, -0.1) is 0 Å². The van der Waals surface area contributed by atoms with Crippen LogP contribution in [-0.2, 0) is 0 Å². The maximum atomic E-state index is 10.7. The highest BCUT2D eigenvalue weighted by Gasteiger charge is 2.14. The summed E-state index contributed by atoms with van der Waals surface area (Å²) in [5, 5.41) is 21.9. The summed E-state index contributed by atoms with van der Waals surface area (Å²) < 4.78 is 0. The fraction of sp³-hybridized carbons (Fsp3) is 0.0400. The van der Waals surface area contributed by atoms with Crippen molar-refractivity contribution in [1.29, 1.82) is 0 Å². The maximum Gasteiger partial charge on any atom is 0.137 e. The second-order valence-corrected chi connectivity index (χ2v) is 7.12. The Labute approximate surface area is 173 Å². The highest BCUT2D eigenvalue weighted by atomic mass is 16.3. The van der Waals surface area contributed by atoms with E-state index in [2.05, 4.69) is 15.0 Å². The number of rotatable bonds is 4. The summed E-state index contributed by atoms with van der Waals surface area (Å²) in [6, 6.07) is 22.5.